The van der Waals surface area contributed by atoms with E-state index in [0.29, 0.717) is 29.2 Å². The Labute approximate surface area is 175 Å². The third kappa shape index (κ3) is 4.86. The molecule has 0 saturated heterocycles. The van der Waals surface area contributed by atoms with Gasteiger partial charge in [-0.25, -0.2) is 4.79 Å². The summed E-state index contributed by atoms with van der Waals surface area (Å²) < 4.78 is 16.4. The monoisotopic (exact) mass is 408 g/mol. The van der Waals surface area contributed by atoms with Crippen molar-refractivity contribution in [2.24, 2.45) is 0 Å². The predicted octanol–water partition coefficient (Wildman–Crippen LogP) is 3.86. The molecule has 156 valence electrons. The molecule has 30 heavy (non-hydrogen) atoms. The van der Waals surface area contributed by atoms with Gasteiger partial charge in [-0.15, -0.1) is 0 Å². The fourth-order valence-corrected chi connectivity index (χ4v) is 2.85. The molecular formula is C23H24N2O5. The highest BCUT2D eigenvalue weighted by atomic mass is 16.5. The Kier molecular flexibility index (Phi) is 6.51. The third-order valence-corrected chi connectivity index (χ3v) is 4.65. The fourth-order valence-electron chi connectivity index (χ4n) is 2.85. The van der Waals surface area contributed by atoms with Gasteiger partial charge in [0.2, 0.25) is 6.10 Å². The molecule has 0 spiro atoms. The molecule has 0 bridgehead atoms. The Morgan fingerprint density at radius 3 is 2.27 bits per heavy atom. The van der Waals surface area contributed by atoms with E-state index in [1.807, 2.05) is 19.9 Å². The number of carbonyl (C=O) groups is 2. The molecule has 1 heterocycles. The summed E-state index contributed by atoms with van der Waals surface area (Å²) in [6.45, 7) is 4.00. The van der Waals surface area contributed by atoms with Crippen molar-refractivity contribution in [3.8, 4) is 5.75 Å². The Balaban J connectivity index is 1.69. The zero-order valence-corrected chi connectivity index (χ0v) is 17.4. The van der Waals surface area contributed by atoms with Crippen LogP contribution in [-0.2, 0) is 16.1 Å². The van der Waals surface area contributed by atoms with Gasteiger partial charge in [0.1, 0.15) is 18.1 Å². The van der Waals surface area contributed by atoms with Gasteiger partial charge in [-0.2, -0.15) is 0 Å². The molecule has 3 rings (SSSR count). The summed E-state index contributed by atoms with van der Waals surface area (Å²) in [7, 11) is 3.24. The summed E-state index contributed by atoms with van der Waals surface area (Å²) in [5, 5.41) is 3.90. The number of likely N-dealkylation sites (N-methyl/N-ethyl adjacent to an activating group) is 1. The molecule has 3 aromatic rings. The minimum atomic E-state index is -1.01. The summed E-state index contributed by atoms with van der Waals surface area (Å²) in [6, 6.07) is 15.5. The lowest BCUT2D eigenvalue weighted by atomic mass is 10.1. The highest BCUT2D eigenvalue weighted by Crippen LogP contribution is 2.23. The van der Waals surface area contributed by atoms with Gasteiger partial charge in [-0.3, -0.25) is 4.79 Å². The van der Waals surface area contributed by atoms with Crippen molar-refractivity contribution >= 4 is 11.9 Å². The van der Waals surface area contributed by atoms with E-state index < -0.39 is 12.1 Å². The number of ether oxygens (including phenoxy) is 2. The number of rotatable bonds is 7. The Hall–Kier alpha value is -3.61. The van der Waals surface area contributed by atoms with Gasteiger partial charge in [-0.1, -0.05) is 35.5 Å². The molecule has 1 aromatic heterocycles. The van der Waals surface area contributed by atoms with Crippen molar-refractivity contribution in [1.82, 2.24) is 10.1 Å². The van der Waals surface area contributed by atoms with Gasteiger partial charge in [-0.05, 0) is 38.1 Å². The van der Waals surface area contributed by atoms with Crippen LogP contribution in [0.1, 0.15) is 39.0 Å². The summed E-state index contributed by atoms with van der Waals surface area (Å²) in [6.07, 6.45) is -1.01. The molecule has 1 amide bonds. The highest BCUT2D eigenvalue weighted by molar-refractivity contribution is 5.92. The van der Waals surface area contributed by atoms with E-state index in [4.69, 9.17) is 14.0 Å². The number of esters is 1. The number of hydrogen-bond donors (Lipinski definition) is 0. The number of amides is 1. The van der Waals surface area contributed by atoms with Crippen LogP contribution in [0.3, 0.4) is 0 Å². The molecule has 1 atom stereocenters. The van der Waals surface area contributed by atoms with Gasteiger partial charge < -0.3 is 18.9 Å². The van der Waals surface area contributed by atoms with Crippen LogP contribution in [0.2, 0.25) is 0 Å². The summed E-state index contributed by atoms with van der Waals surface area (Å²) >= 11 is 0. The molecule has 0 saturated carbocycles. The number of hydrogen-bond acceptors (Lipinski definition) is 6. The van der Waals surface area contributed by atoms with E-state index in [1.165, 1.54) is 4.90 Å². The standard InChI is InChI=1S/C23H24N2O5/c1-15-20(16(2)30-24-15)14-28-19-12-10-18(11-13-19)23(27)29-21(22(26)25(3)4)17-8-6-5-7-9-17/h5-13,21H,14H2,1-4H3/t21-/m1/s1. The second kappa shape index (κ2) is 9.26. The van der Waals surface area contributed by atoms with Crippen molar-refractivity contribution in [2.45, 2.75) is 26.6 Å². The lowest BCUT2D eigenvalue weighted by Crippen LogP contribution is -2.31. The second-order valence-corrected chi connectivity index (χ2v) is 7.04. The molecule has 0 aliphatic carbocycles. The normalized spacial score (nSPS) is 11.6. The summed E-state index contributed by atoms with van der Waals surface area (Å²) in [5.74, 6) is 0.408. The second-order valence-electron chi connectivity index (χ2n) is 7.04. The Bertz CT molecular complexity index is 990. The van der Waals surface area contributed by atoms with Crippen LogP contribution in [0.5, 0.6) is 5.75 Å². The van der Waals surface area contributed by atoms with Gasteiger partial charge in [0, 0.05) is 19.7 Å². The molecule has 0 aliphatic heterocycles. The predicted molar refractivity (Wildman–Crippen MR) is 110 cm³/mol. The molecule has 0 unspecified atom stereocenters. The largest absolute Gasteiger partial charge is 0.489 e. The Morgan fingerprint density at radius 2 is 1.70 bits per heavy atom. The minimum absolute atomic E-state index is 0.311. The van der Waals surface area contributed by atoms with Crippen molar-refractivity contribution in [2.75, 3.05) is 14.1 Å². The van der Waals surface area contributed by atoms with Crippen LogP contribution < -0.4 is 4.74 Å². The van der Waals surface area contributed by atoms with Gasteiger partial charge >= 0.3 is 5.97 Å². The van der Waals surface area contributed by atoms with Crippen LogP contribution in [0.15, 0.2) is 59.1 Å². The smallest absolute Gasteiger partial charge is 0.339 e. The molecule has 0 aliphatic rings. The average Bonchev–Trinajstić information content (AvgIpc) is 3.08. The van der Waals surface area contributed by atoms with Crippen LogP contribution >= 0.6 is 0 Å². The maximum Gasteiger partial charge on any atom is 0.339 e. The van der Waals surface area contributed by atoms with Crippen molar-refractivity contribution in [1.29, 1.82) is 0 Å². The highest BCUT2D eigenvalue weighted by Gasteiger charge is 2.27. The first kappa shape index (κ1) is 21.1. The van der Waals surface area contributed by atoms with Crippen molar-refractivity contribution in [3.63, 3.8) is 0 Å². The van der Waals surface area contributed by atoms with E-state index in [2.05, 4.69) is 5.16 Å². The van der Waals surface area contributed by atoms with Crippen molar-refractivity contribution < 1.29 is 23.6 Å². The SMILES string of the molecule is Cc1noc(C)c1COc1ccc(C(=O)O[C@@H](C(=O)N(C)C)c2ccccc2)cc1. The number of carbonyl (C=O) groups excluding carboxylic acids is 2. The van der Waals surface area contributed by atoms with Gasteiger partial charge in [0.15, 0.2) is 0 Å². The van der Waals surface area contributed by atoms with Gasteiger partial charge in [0.25, 0.3) is 5.91 Å². The molecule has 7 heteroatoms. The molecule has 0 radical (unpaired) electrons. The molecular weight excluding hydrogens is 384 g/mol. The maximum atomic E-state index is 12.6. The first-order valence-electron chi connectivity index (χ1n) is 9.48. The van der Waals surface area contributed by atoms with Crippen molar-refractivity contribution in [3.05, 3.63) is 82.7 Å². The average molecular weight is 408 g/mol. The first-order chi connectivity index (χ1) is 14.4. The number of aryl methyl sites for hydroxylation is 2. The van der Waals surface area contributed by atoms with Gasteiger partial charge in [0.05, 0.1) is 16.8 Å². The van der Waals surface area contributed by atoms with Crippen LogP contribution in [-0.4, -0.2) is 36.0 Å². The number of benzene rings is 2. The lowest BCUT2D eigenvalue weighted by Gasteiger charge is -2.21. The summed E-state index contributed by atoms with van der Waals surface area (Å²) in [5.41, 5.74) is 2.62. The number of nitrogens with zero attached hydrogens (tertiary/aromatic N) is 2. The lowest BCUT2D eigenvalue weighted by molar-refractivity contribution is -0.138. The zero-order valence-electron chi connectivity index (χ0n) is 17.4. The number of aromatic nitrogens is 1. The fraction of sp³-hybridized carbons (Fsp3) is 0.261. The van der Waals surface area contributed by atoms with E-state index in [-0.39, 0.29) is 5.91 Å². The minimum Gasteiger partial charge on any atom is -0.489 e. The molecule has 0 fully saturated rings. The van der Waals surface area contributed by atoms with Crippen LogP contribution in [0.4, 0.5) is 0 Å². The van der Waals surface area contributed by atoms with E-state index in [9.17, 15) is 9.59 Å². The first-order valence-corrected chi connectivity index (χ1v) is 9.48. The molecule has 2 aromatic carbocycles. The van der Waals surface area contributed by atoms with E-state index in [0.717, 1.165) is 11.3 Å². The summed E-state index contributed by atoms with van der Waals surface area (Å²) in [4.78, 5) is 26.6. The maximum absolute atomic E-state index is 12.6. The topological polar surface area (TPSA) is 81.9 Å². The third-order valence-electron chi connectivity index (χ3n) is 4.65. The van der Waals surface area contributed by atoms with E-state index in [1.54, 1.807) is 62.6 Å². The van der Waals surface area contributed by atoms with E-state index >= 15 is 0 Å². The van der Waals surface area contributed by atoms with Crippen LogP contribution in [0, 0.1) is 13.8 Å². The quantitative estimate of drug-likeness (QED) is 0.552. The molecule has 7 nitrogen and oxygen atoms in total. The Morgan fingerprint density at radius 1 is 1.03 bits per heavy atom. The van der Waals surface area contributed by atoms with Crippen LogP contribution in [0.25, 0.3) is 0 Å². The molecule has 0 N–H and O–H groups in total. The zero-order chi connectivity index (χ0) is 21.7.